The van der Waals surface area contributed by atoms with Crippen LogP contribution in [0.5, 0.6) is 0 Å². The Hall–Kier alpha value is -2.06. The van der Waals surface area contributed by atoms with E-state index in [9.17, 15) is 18.5 Å². The molecule has 0 atom stereocenters. The summed E-state index contributed by atoms with van der Waals surface area (Å²) in [6.07, 6.45) is 4.61. The van der Waals surface area contributed by atoms with E-state index in [-0.39, 0.29) is 46.9 Å². The Kier molecular flexibility index (Phi) is 6.81. The molecule has 0 N–H and O–H groups in total. The van der Waals surface area contributed by atoms with Gasteiger partial charge in [0.05, 0.1) is 41.6 Å². The van der Waals surface area contributed by atoms with Crippen molar-refractivity contribution in [2.45, 2.75) is 56.8 Å². The average Bonchev–Trinajstić information content (AvgIpc) is 3.29. The predicted octanol–water partition coefficient (Wildman–Crippen LogP) is 2.35. The van der Waals surface area contributed by atoms with Crippen LogP contribution in [-0.2, 0) is 31.3 Å². The molecule has 0 bridgehead atoms. The molecule has 4 heterocycles. The molecule has 0 aliphatic carbocycles. The third kappa shape index (κ3) is 4.66. The lowest BCUT2D eigenvalue weighted by atomic mass is 9.77. The Bertz CT molecular complexity index is 1190. The molecule has 2 aliphatic heterocycles. The first-order valence-corrected chi connectivity index (χ1v) is 12.9. The number of aromatic nitrogens is 3. The molecule has 0 aromatic carbocycles. The maximum Gasteiger partial charge on any atom is 0.257 e. The molecule has 11 heteroatoms. The lowest BCUT2D eigenvalue weighted by Gasteiger charge is -2.31. The molecule has 2 aromatic rings. The SMILES string of the molecule is N#CC1(c2cc3c(Cl)ncnc3n(CCCCCC3OCCO3)c2=O)CCS(=O)(=O)CC1. The fraction of sp³-hybridized carbons (Fsp3) is 0.619. The summed E-state index contributed by atoms with van der Waals surface area (Å²) in [5.41, 5.74) is -0.811. The van der Waals surface area contributed by atoms with E-state index in [1.54, 1.807) is 10.6 Å². The molecule has 2 aliphatic rings. The maximum absolute atomic E-state index is 13.5. The normalized spacial score (nSPS) is 20.4. The van der Waals surface area contributed by atoms with Crippen LogP contribution in [0.1, 0.15) is 44.1 Å². The molecule has 2 aromatic heterocycles. The summed E-state index contributed by atoms with van der Waals surface area (Å²) in [6.45, 7) is 1.66. The molecular formula is C21H25ClN4O5S. The van der Waals surface area contributed by atoms with Gasteiger partial charge in [0.25, 0.3) is 5.56 Å². The number of nitriles is 1. The van der Waals surface area contributed by atoms with Crippen molar-refractivity contribution in [1.29, 1.82) is 5.26 Å². The maximum atomic E-state index is 13.5. The molecule has 0 unspecified atom stereocenters. The van der Waals surface area contributed by atoms with Gasteiger partial charge in [0, 0.05) is 12.1 Å². The van der Waals surface area contributed by atoms with E-state index in [4.69, 9.17) is 21.1 Å². The standard InChI is InChI=1S/C21H25ClN4O5S/c22-18-15-12-16(21(13-23)5-10-32(28,29)11-6-21)20(27)26(19(15)25-14-24-18)7-3-1-2-4-17-30-8-9-31-17/h12,14,17H,1-11H2. The number of halogens is 1. The summed E-state index contributed by atoms with van der Waals surface area (Å²) in [4.78, 5) is 21.8. The number of sulfone groups is 1. The van der Waals surface area contributed by atoms with Gasteiger partial charge in [-0.25, -0.2) is 18.4 Å². The van der Waals surface area contributed by atoms with Gasteiger partial charge in [-0.3, -0.25) is 9.36 Å². The minimum Gasteiger partial charge on any atom is -0.350 e. The molecule has 32 heavy (non-hydrogen) atoms. The molecule has 172 valence electrons. The first kappa shape index (κ1) is 23.1. The minimum absolute atomic E-state index is 0.0826. The van der Waals surface area contributed by atoms with E-state index in [1.807, 2.05) is 0 Å². The van der Waals surface area contributed by atoms with Gasteiger partial charge in [0.2, 0.25) is 0 Å². The van der Waals surface area contributed by atoms with Crippen LogP contribution in [0.3, 0.4) is 0 Å². The lowest BCUT2D eigenvalue weighted by molar-refractivity contribution is -0.0480. The van der Waals surface area contributed by atoms with Crippen molar-refractivity contribution in [2.24, 2.45) is 0 Å². The van der Waals surface area contributed by atoms with E-state index in [1.165, 1.54) is 6.33 Å². The number of hydrogen-bond donors (Lipinski definition) is 0. The highest BCUT2D eigenvalue weighted by Gasteiger charge is 2.41. The predicted molar refractivity (Wildman–Crippen MR) is 118 cm³/mol. The van der Waals surface area contributed by atoms with Gasteiger partial charge in [-0.2, -0.15) is 5.26 Å². The van der Waals surface area contributed by atoms with Crippen LogP contribution in [0, 0.1) is 11.3 Å². The van der Waals surface area contributed by atoms with E-state index < -0.39 is 15.3 Å². The van der Waals surface area contributed by atoms with Crippen LogP contribution in [-0.4, -0.2) is 54.0 Å². The fourth-order valence-electron chi connectivity index (χ4n) is 4.36. The molecular weight excluding hydrogens is 456 g/mol. The van der Waals surface area contributed by atoms with E-state index in [0.29, 0.717) is 30.8 Å². The summed E-state index contributed by atoms with van der Waals surface area (Å²) >= 11 is 6.31. The number of rotatable bonds is 7. The Labute approximate surface area is 191 Å². The largest absolute Gasteiger partial charge is 0.350 e. The Morgan fingerprint density at radius 3 is 2.59 bits per heavy atom. The van der Waals surface area contributed by atoms with E-state index in [2.05, 4.69) is 16.0 Å². The highest BCUT2D eigenvalue weighted by atomic mass is 35.5. The van der Waals surface area contributed by atoms with Gasteiger partial charge in [0.1, 0.15) is 27.0 Å². The van der Waals surface area contributed by atoms with E-state index in [0.717, 1.165) is 25.7 Å². The molecule has 0 amide bonds. The Balaban J connectivity index is 1.63. The van der Waals surface area contributed by atoms with Crippen molar-refractivity contribution in [1.82, 2.24) is 14.5 Å². The van der Waals surface area contributed by atoms with Gasteiger partial charge < -0.3 is 9.47 Å². The number of ether oxygens (including phenoxy) is 2. The van der Waals surface area contributed by atoms with Crippen LogP contribution in [0.25, 0.3) is 11.0 Å². The van der Waals surface area contributed by atoms with Crippen molar-refractivity contribution in [3.05, 3.63) is 33.5 Å². The zero-order chi connectivity index (χ0) is 22.8. The number of fused-ring (bicyclic) bond motifs is 1. The van der Waals surface area contributed by atoms with Crippen molar-refractivity contribution >= 4 is 32.5 Å². The summed E-state index contributed by atoms with van der Waals surface area (Å²) in [5.74, 6) is -0.245. The second-order valence-corrected chi connectivity index (χ2v) is 10.9. The number of nitrogens with zero attached hydrogens (tertiary/aromatic N) is 4. The highest BCUT2D eigenvalue weighted by Crippen LogP contribution is 2.36. The monoisotopic (exact) mass is 480 g/mol. The van der Waals surface area contributed by atoms with Gasteiger partial charge in [-0.1, -0.05) is 18.0 Å². The zero-order valence-corrected chi connectivity index (χ0v) is 19.2. The van der Waals surface area contributed by atoms with E-state index >= 15 is 0 Å². The second kappa shape index (κ2) is 9.43. The molecule has 9 nitrogen and oxygen atoms in total. The summed E-state index contributed by atoms with van der Waals surface area (Å²) in [7, 11) is -3.20. The topological polar surface area (TPSA) is 124 Å². The highest BCUT2D eigenvalue weighted by molar-refractivity contribution is 7.91. The van der Waals surface area contributed by atoms with Crippen LogP contribution >= 0.6 is 11.6 Å². The molecule has 0 spiro atoms. The number of aryl methyl sites for hydroxylation is 1. The molecule has 2 fully saturated rings. The van der Waals surface area contributed by atoms with Gasteiger partial charge in [-0.15, -0.1) is 0 Å². The zero-order valence-electron chi connectivity index (χ0n) is 17.6. The first-order valence-electron chi connectivity index (χ1n) is 10.7. The Morgan fingerprint density at radius 1 is 1.19 bits per heavy atom. The molecule has 4 rings (SSSR count). The third-order valence-electron chi connectivity index (χ3n) is 6.26. The quantitative estimate of drug-likeness (QED) is 0.437. The summed E-state index contributed by atoms with van der Waals surface area (Å²) in [5, 5.41) is 10.7. The number of unbranched alkanes of at least 4 members (excludes halogenated alkanes) is 2. The second-order valence-electron chi connectivity index (χ2n) is 8.28. The smallest absolute Gasteiger partial charge is 0.257 e. The molecule has 0 radical (unpaired) electrons. The van der Waals surface area contributed by atoms with Gasteiger partial charge in [0.15, 0.2) is 6.29 Å². The minimum atomic E-state index is -3.20. The van der Waals surface area contributed by atoms with Crippen LogP contribution in [0.15, 0.2) is 17.2 Å². The van der Waals surface area contributed by atoms with Crippen molar-refractivity contribution in [3.8, 4) is 6.07 Å². The summed E-state index contributed by atoms with van der Waals surface area (Å²) < 4.78 is 36.3. The van der Waals surface area contributed by atoms with Gasteiger partial charge in [-0.05, 0) is 38.2 Å². The number of pyridine rings is 1. The van der Waals surface area contributed by atoms with Crippen molar-refractivity contribution in [2.75, 3.05) is 24.7 Å². The van der Waals surface area contributed by atoms with Crippen molar-refractivity contribution < 1.29 is 17.9 Å². The fourth-order valence-corrected chi connectivity index (χ4v) is 6.07. The average molecular weight is 481 g/mol. The first-order chi connectivity index (χ1) is 15.4. The molecule has 2 saturated heterocycles. The Morgan fingerprint density at radius 2 is 1.91 bits per heavy atom. The number of hydrogen-bond acceptors (Lipinski definition) is 8. The van der Waals surface area contributed by atoms with Crippen LogP contribution in [0.2, 0.25) is 5.15 Å². The van der Waals surface area contributed by atoms with Crippen LogP contribution in [0.4, 0.5) is 0 Å². The van der Waals surface area contributed by atoms with Gasteiger partial charge >= 0.3 is 0 Å². The summed E-state index contributed by atoms with van der Waals surface area (Å²) in [6, 6.07) is 3.82. The molecule has 0 saturated carbocycles. The third-order valence-corrected chi connectivity index (χ3v) is 8.21. The lowest BCUT2D eigenvalue weighted by Crippen LogP contribution is -2.41. The van der Waals surface area contributed by atoms with Crippen molar-refractivity contribution in [3.63, 3.8) is 0 Å². The van der Waals surface area contributed by atoms with Crippen LogP contribution < -0.4 is 5.56 Å².